The second-order valence-corrected chi connectivity index (χ2v) is 6.00. The lowest BCUT2D eigenvalue weighted by molar-refractivity contribution is -0.142. The monoisotopic (exact) mass is 354 g/mol. The van der Waals surface area contributed by atoms with Crippen molar-refractivity contribution in [2.75, 3.05) is 6.54 Å². The number of rotatable bonds is 4. The number of amides is 1. The maximum absolute atomic E-state index is 13.4. The van der Waals surface area contributed by atoms with Gasteiger partial charge in [0.15, 0.2) is 11.3 Å². The van der Waals surface area contributed by atoms with Gasteiger partial charge in [0, 0.05) is 6.54 Å². The molecule has 0 aliphatic heterocycles. The second-order valence-electron chi connectivity index (χ2n) is 5.05. The molecular weight excluding hydrogens is 341 g/mol. The van der Waals surface area contributed by atoms with Crippen LogP contribution in [0.5, 0.6) is 0 Å². The summed E-state index contributed by atoms with van der Waals surface area (Å²) in [6, 6.07) is 4.35. The van der Waals surface area contributed by atoms with Crippen molar-refractivity contribution < 1.29 is 18.0 Å². The highest BCUT2D eigenvalue weighted by Gasteiger charge is 2.36. The number of fused-ring (bicyclic) bond motifs is 1. The molecule has 0 saturated heterocycles. The number of halogens is 3. The van der Waals surface area contributed by atoms with Crippen molar-refractivity contribution in [3.05, 3.63) is 41.0 Å². The predicted molar refractivity (Wildman–Crippen MR) is 83.9 cm³/mol. The highest BCUT2D eigenvalue weighted by molar-refractivity contribution is 7.13. The Labute approximate surface area is 139 Å². The molecule has 3 rings (SSSR count). The Morgan fingerprint density at radius 2 is 2.21 bits per heavy atom. The van der Waals surface area contributed by atoms with Crippen molar-refractivity contribution in [1.29, 1.82) is 0 Å². The molecule has 3 aromatic rings. The fourth-order valence-corrected chi connectivity index (χ4v) is 2.90. The number of nitrogens with zero attached hydrogens (tertiary/aromatic N) is 3. The highest BCUT2D eigenvalue weighted by Crippen LogP contribution is 2.33. The molecule has 0 bridgehead atoms. The zero-order chi connectivity index (χ0) is 17.3. The van der Waals surface area contributed by atoms with Crippen molar-refractivity contribution >= 4 is 22.9 Å². The summed E-state index contributed by atoms with van der Waals surface area (Å²) in [5, 5.41) is 8.09. The van der Waals surface area contributed by atoms with E-state index in [1.165, 1.54) is 11.3 Å². The van der Waals surface area contributed by atoms with Crippen molar-refractivity contribution in [3.63, 3.8) is 0 Å². The zero-order valence-corrected chi connectivity index (χ0v) is 13.4. The molecule has 3 aromatic heterocycles. The molecule has 24 heavy (non-hydrogen) atoms. The molecule has 1 N–H and O–H groups in total. The smallest absolute Gasteiger partial charge is 0.352 e. The number of nitrogens with one attached hydrogen (secondary N) is 1. The minimum Gasteiger partial charge on any atom is -0.352 e. The van der Waals surface area contributed by atoms with E-state index in [1.807, 2.05) is 6.92 Å². The molecule has 0 radical (unpaired) electrons. The Bertz CT molecular complexity index is 871. The average molecular weight is 354 g/mol. The van der Waals surface area contributed by atoms with Gasteiger partial charge in [-0.25, -0.2) is 9.50 Å². The van der Waals surface area contributed by atoms with Gasteiger partial charge in [0.1, 0.15) is 5.56 Å². The van der Waals surface area contributed by atoms with Crippen LogP contribution in [0.4, 0.5) is 13.2 Å². The first-order chi connectivity index (χ1) is 11.4. The summed E-state index contributed by atoms with van der Waals surface area (Å²) in [6.07, 6.45) is -2.79. The molecule has 5 nitrogen and oxygen atoms in total. The number of hydrogen-bond acceptors (Lipinski definition) is 4. The third-order valence-corrected chi connectivity index (χ3v) is 4.21. The topological polar surface area (TPSA) is 59.3 Å². The lowest BCUT2D eigenvalue weighted by Gasteiger charge is -2.11. The van der Waals surface area contributed by atoms with Crippen LogP contribution in [0.2, 0.25) is 0 Å². The first-order valence-corrected chi connectivity index (χ1v) is 8.08. The fourth-order valence-electron chi connectivity index (χ4n) is 2.21. The Kier molecular flexibility index (Phi) is 4.27. The normalized spacial score (nSPS) is 11.8. The summed E-state index contributed by atoms with van der Waals surface area (Å²) in [5.74, 6) is -0.490. The van der Waals surface area contributed by atoms with Crippen LogP contribution in [-0.4, -0.2) is 27.0 Å². The van der Waals surface area contributed by atoms with Crippen LogP contribution < -0.4 is 5.32 Å². The zero-order valence-electron chi connectivity index (χ0n) is 12.6. The van der Waals surface area contributed by atoms with E-state index in [2.05, 4.69) is 15.4 Å². The number of aromatic nitrogens is 3. The number of carbonyl (C=O) groups is 1. The molecule has 0 unspecified atom stereocenters. The van der Waals surface area contributed by atoms with Gasteiger partial charge in [0.05, 0.1) is 16.8 Å². The molecule has 0 spiro atoms. The van der Waals surface area contributed by atoms with Gasteiger partial charge in [0.25, 0.3) is 5.91 Å². The van der Waals surface area contributed by atoms with E-state index in [0.29, 0.717) is 22.4 Å². The Balaban J connectivity index is 2.20. The van der Waals surface area contributed by atoms with Crippen molar-refractivity contribution in [2.24, 2.45) is 0 Å². The van der Waals surface area contributed by atoms with E-state index in [9.17, 15) is 18.0 Å². The summed E-state index contributed by atoms with van der Waals surface area (Å²) in [6.45, 7) is 2.30. The first kappa shape index (κ1) is 16.4. The van der Waals surface area contributed by atoms with Crippen molar-refractivity contribution in [3.8, 4) is 10.6 Å². The van der Waals surface area contributed by atoms with Crippen LogP contribution >= 0.6 is 11.3 Å². The highest BCUT2D eigenvalue weighted by atomic mass is 32.1. The van der Waals surface area contributed by atoms with Crippen LogP contribution in [0.15, 0.2) is 29.8 Å². The number of thiophene rings is 1. The van der Waals surface area contributed by atoms with Crippen LogP contribution in [0.25, 0.3) is 16.2 Å². The summed E-state index contributed by atoms with van der Waals surface area (Å²) in [4.78, 5) is 17.0. The standard InChI is InChI=1S/C15H13F3N4OS/c1-2-5-19-14(23)9-8-20-22-12(15(16,17)18)7-10(21-13(9)22)11-4-3-6-24-11/h3-4,6-8H,2,5H2,1H3,(H,19,23). The fraction of sp³-hybridized carbons (Fsp3) is 0.267. The van der Waals surface area contributed by atoms with Crippen molar-refractivity contribution in [1.82, 2.24) is 19.9 Å². The predicted octanol–water partition coefficient (Wildman–Crippen LogP) is 3.62. The quantitative estimate of drug-likeness (QED) is 0.779. The molecular formula is C15H13F3N4OS. The van der Waals surface area contributed by atoms with Gasteiger partial charge < -0.3 is 5.32 Å². The molecule has 0 fully saturated rings. The van der Waals surface area contributed by atoms with E-state index < -0.39 is 17.8 Å². The minimum atomic E-state index is -4.61. The molecule has 0 aromatic carbocycles. The van der Waals surface area contributed by atoms with Gasteiger partial charge in [-0.1, -0.05) is 13.0 Å². The Hall–Kier alpha value is -2.42. The van der Waals surface area contributed by atoms with Gasteiger partial charge >= 0.3 is 6.18 Å². The van der Waals surface area contributed by atoms with Gasteiger partial charge in [-0.05, 0) is 23.9 Å². The van der Waals surface area contributed by atoms with Gasteiger partial charge in [-0.2, -0.15) is 18.3 Å². The lowest BCUT2D eigenvalue weighted by atomic mass is 10.2. The van der Waals surface area contributed by atoms with E-state index in [4.69, 9.17) is 0 Å². The molecule has 9 heteroatoms. The van der Waals surface area contributed by atoms with Gasteiger partial charge in [-0.3, -0.25) is 4.79 Å². The molecule has 0 aliphatic carbocycles. The summed E-state index contributed by atoms with van der Waals surface area (Å²) < 4.78 is 40.8. The Morgan fingerprint density at radius 1 is 1.42 bits per heavy atom. The van der Waals surface area contributed by atoms with E-state index in [1.54, 1.807) is 17.5 Å². The molecule has 126 valence electrons. The third kappa shape index (κ3) is 2.99. The van der Waals surface area contributed by atoms with Crippen LogP contribution in [0.1, 0.15) is 29.4 Å². The average Bonchev–Trinajstić information content (AvgIpc) is 3.19. The van der Waals surface area contributed by atoms with Crippen LogP contribution in [0, 0.1) is 0 Å². The summed E-state index contributed by atoms with van der Waals surface area (Å²) in [5.41, 5.74) is -0.894. The van der Waals surface area contributed by atoms with E-state index in [0.717, 1.165) is 12.3 Å². The second kappa shape index (κ2) is 6.23. The first-order valence-electron chi connectivity index (χ1n) is 7.20. The molecule has 0 aliphatic rings. The molecule has 0 atom stereocenters. The lowest BCUT2D eigenvalue weighted by Crippen LogP contribution is -2.24. The SMILES string of the molecule is CCCNC(=O)c1cnn2c(C(F)(F)F)cc(-c3cccs3)nc12. The van der Waals surface area contributed by atoms with Crippen LogP contribution in [-0.2, 0) is 6.18 Å². The number of hydrogen-bond donors (Lipinski definition) is 1. The molecule has 0 saturated carbocycles. The minimum absolute atomic E-state index is 0.0207. The summed E-state index contributed by atoms with van der Waals surface area (Å²) >= 11 is 1.27. The van der Waals surface area contributed by atoms with Crippen molar-refractivity contribution in [2.45, 2.75) is 19.5 Å². The maximum atomic E-state index is 13.4. The largest absolute Gasteiger partial charge is 0.433 e. The number of carbonyl (C=O) groups excluding carboxylic acids is 1. The van der Waals surface area contributed by atoms with Gasteiger partial charge in [0.2, 0.25) is 0 Å². The van der Waals surface area contributed by atoms with Crippen LogP contribution in [0.3, 0.4) is 0 Å². The van der Waals surface area contributed by atoms with E-state index in [-0.39, 0.29) is 16.9 Å². The Morgan fingerprint density at radius 3 is 2.83 bits per heavy atom. The van der Waals surface area contributed by atoms with E-state index >= 15 is 0 Å². The van der Waals surface area contributed by atoms with Gasteiger partial charge in [-0.15, -0.1) is 11.3 Å². The summed E-state index contributed by atoms with van der Waals surface area (Å²) in [7, 11) is 0. The molecule has 1 amide bonds. The molecule has 3 heterocycles. The number of alkyl halides is 3. The maximum Gasteiger partial charge on any atom is 0.433 e. The third-order valence-electron chi connectivity index (χ3n) is 3.32.